The molecule has 0 saturated heterocycles. The molecule has 10 rings (SSSR count). The largest absolute Gasteiger partial charge is 0.304 e. The summed E-state index contributed by atoms with van der Waals surface area (Å²) in [6.07, 6.45) is 0. The van der Waals surface area contributed by atoms with Crippen molar-refractivity contribution < 1.29 is 4.57 Å². The Labute approximate surface area is 238 Å². The first-order chi connectivity index (χ1) is 20.2. The molecule has 194 valence electrons. The second-order valence-corrected chi connectivity index (χ2v) is 13.8. The van der Waals surface area contributed by atoms with Crippen LogP contribution >= 0.6 is 7.14 Å². The zero-order valence-electron chi connectivity index (χ0n) is 22.1. The number of aromatic nitrogens is 3. The Kier molecular flexibility index (Phi) is 4.74. The zero-order valence-corrected chi connectivity index (χ0v) is 22.9. The molecule has 4 aliphatic rings. The van der Waals surface area contributed by atoms with Crippen molar-refractivity contribution in [1.82, 2.24) is 15.0 Å². The van der Waals surface area contributed by atoms with E-state index in [0.717, 1.165) is 50.5 Å². The summed E-state index contributed by atoms with van der Waals surface area (Å²) >= 11 is 0. The smallest absolute Gasteiger partial charge is 0.223 e. The maximum absolute atomic E-state index is 15.7. The van der Waals surface area contributed by atoms with Crippen LogP contribution in [0.15, 0.2) is 127 Å². The van der Waals surface area contributed by atoms with E-state index in [0.29, 0.717) is 16.3 Å². The van der Waals surface area contributed by atoms with Gasteiger partial charge in [0.1, 0.15) is 16.3 Å². The van der Waals surface area contributed by atoms with Crippen LogP contribution in [0.1, 0.15) is 68.2 Å². The zero-order chi connectivity index (χ0) is 27.1. The van der Waals surface area contributed by atoms with Gasteiger partial charge in [0.2, 0.25) is 7.14 Å². The molecule has 3 aromatic heterocycles. The molecule has 16 bridgehead atoms. The van der Waals surface area contributed by atoms with Crippen molar-refractivity contribution in [3.63, 3.8) is 0 Å². The molecule has 0 amide bonds. The van der Waals surface area contributed by atoms with E-state index in [1.54, 1.807) is 0 Å². The predicted molar refractivity (Wildman–Crippen MR) is 161 cm³/mol. The Morgan fingerprint density at radius 1 is 0.390 bits per heavy atom. The first kappa shape index (κ1) is 23.1. The molecule has 0 fully saturated rings. The second-order valence-electron chi connectivity index (χ2n) is 11.2. The average molecular weight is 546 g/mol. The van der Waals surface area contributed by atoms with Gasteiger partial charge in [-0.15, -0.1) is 0 Å². The summed E-state index contributed by atoms with van der Waals surface area (Å²) in [6.45, 7) is 0. The Balaban J connectivity index is 1.57. The fourth-order valence-corrected chi connectivity index (χ4v) is 9.40. The fraction of sp³-hybridized carbons (Fsp3) is 0.0833. The summed E-state index contributed by atoms with van der Waals surface area (Å²) in [7, 11) is -3.53. The fourth-order valence-electron chi connectivity index (χ4n) is 7.04. The summed E-state index contributed by atoms with van der Waals surface area (Å²) in [6, 6.07) is 44.3. The second kappa shape index (κ2) is 8.42. The maximum Gasteiger partial charge on any atom is 0.223 e. The van der Waals surface area contributed by atoms with Gasteiger partial charge in [0.25, 0.3) is 0 Å². The Morgan fingerprint density at radius 2 is 0.659 bits per heavy atom. The molecule has 0 atom stereocenters. The summed E-state index contributed by atoms with van der Waals surface area (Å²) in [5.41, 5.74) is 11.1. The van der Waals surface area contributed by atoms with Crippen LogP contribution in [0.3, 0.4) is 0 Å². The van der Waals surface area contributed by atoms with Crippen molar-refractivity contribution >= 4 is 23.4 Å². The van der Waals surface area contributed by atoms with Gasteiger partial charge in [0.15, 0.2) is 0 Å². The van der Waals surface area contributed by atoms with E-state index in [9.17, 15) is 0 Å². The van der Waals surface area contributed by atoms with Crippen LogP contribution in [-0.2, 0) is 4.57 Å². The number of rotatable bonds is 0. The molecule has 0 saturated carbocycles. The minimum absolute atomic E-state index is 0.126. The van der Waals surface area contributed by atoms with Crippen molar-refractivity contribution in [3.05, 3.63) is 178 Å². The highest BCUT2D eigenvalue weighted by atomic mass is 31.2. The molecular weight excluding hydrogens is 521 g/mol. The van der Waals surface area contributed by atoms with Gasteiger partial charge < -0.3 is 4.57 Å². The van der Waals surface area contributed by atoms with Crippen LogP contribution in [0.4, 0.5) is 0 Å². The average Bonchev–Trinajstić information content (AvgIpc) is 3.01. The predicted octanol–water partition coefficient (Wildman–Crippen LogP) is 5.99. The highest BCUT2D eigenvalue weighted by Gasteiger charge is 2.38. The molecule has 6 aromatic rings. The first-order valence-corrected chi connectivity index (χ1v) is 15.7. The number of hydrogen-bond acceptors (Lipinski definition) is 4. The van der Waals surface area contributed by atoms with Crippen LogP contribution in [-0.4, -0.2) is 15.0 Å². The summed E-state index contributed by atoms with van der Waals surface area (Å²) in [5, 5.41) is 0. The van der Waals surface area contributed by atoms with E-state index in [2.05, 4.69) is 91.0 Å². The van der Waals surface area contributed by atoms with Crippen molar-refractivity contribution in [2.75, 3.05) is 0 Å². The molecule has 0 radical (unpaired) electrons. The molecule has 6 heterocycles. The lowest BCUT2D eigenvalue weighted by atomic mass is 9.78. The number of hydrogen-bond donors (Lipinski definition) is 0. The van der Waals surface area contributed by atoms with Gasteiger partial charge in [-0.05, 0) is 69.8 Å². The lowest BCUT2D eigenvalue weighted by Gasteiger charge is -2.29. The summed E-state index contributed by atoms with van der Waals surface area (Å²) < 4.78 is 15.7. The summed E-state index contributed by atoms with van der Waals surface area (Å²) in [4.78, 5) is 15.6. The Morgan fingerprint density at radius 3 is 0.951 bits per heavy atom. The van der Waals surface area contributed by atoms with E-state index in [1.807, 2.05) is 36.4 Å². The first-order valence-electron chi connectivity index (χ1n) is 14.0. The lowest BCUT2D eigenvalue weighted by Crippen LogP contribution is -2.33. The lowest BCUT2D eigenvalue weighted by molar-refractivity contribution is 0.590. The standard InChI is InChI=1S/C36H24N3OP/c40-41-31-16-4-13-28(37-31)34-22-7-1-8-23(19-22)35(29-14-5-17-32(41)38-29)25-10-3-12-27(21-25)36(26-11-2-9-24(34)20-26)30-15-6-18-33(41)39-30/h1-21,34-36H. The van der Waals surface area contributed by atoms with Crippen molar-refractivity contribution in [1.29, 1.82) is 0 Å². The Hall–Kier alpha value is -4.66. The van der Waals surface area contributed by atoms with Gasteiger partial charge >= 0.3 is 0 Å². The van der Waals surface area contributed by atoms with E-state index in [-0.39, 0.29) is 17.8 Å². The molecule has 5 heteroatoms. The monoisotopic (exact) mass is 545 g/mol. The third kappa shape index (κ3) is 3.29. The van der Waals surface area contributed by atoms with Gasteiger partial charge in [-0.2, -0.15) is 0 Å². The summed E-state index contributed by atoms with van der Waals surface area (Å²) in [5.74, 6) is -0.378. The van der Waals surface area contributed by atoms with Crippen LogP contribution < -0.4 is 16.3 Å². The molecule has 41 heavy (non-hydrogen) atoms. The molecule has 1 aliphatic carbocycles. The molecule has 0 N–H and O–H groups in total. The molecule has 0 unspecified atom stereocenters. The van der Waals surface area contributed by atoms with Crippen LogP contribution in [0, 0.1) is 0 Å². The highest BCUT2D eigenvalue weighted by molar-refractivity contribution is 7.84. The number of nitrogens with zero attached hydrogens (tertiary/aromatic N) is 3. The SMILES string of the molecule is O=P12c3cccc(n3)C3c4cccc(c4)C(c4cccc(c4)C(c4cccc3c4)c3cccc1n3)c1cccc2n1. The minimum atomic E-state index is -3.53. The normalized spacial score (nSPS) is 22.6. The minimum Gasteiger partial charge on any atom is -0.304 e. The van der Waals surface area contributed by atoms with Gasteiger partial charge in [0.05, 0.1) is 34.8 Å². The quantitative estimate of drug-likeness (QED) is 0.220. The molecule has 3 aliphatic heterocycles. The van der Waals surface area contributed by atoms with Crippen molar-refractivity contribution in [2.45, 2.75) is 17.8 Å². The third-order valence-corrected chi connectivity index (χ3v) is 11.5. The van der Waals surface area contributed by atoms with E-state index in [4.69, 9.17) is 15.0 Å². The van der Waals surface area contributed by atoms with E-state index >= 15 is 4.57 Å². The number of benzene rings is 3. The number of pyridine rings is 3. The van der Waals surface area contributed by atoms with Gasteiger partial charge in [-0.1, -0.05) is 91.0 Å². The van der Waals surface area contributed by atoms with Crippen LogP contribution in [0.5, 0.6) is 0 Å². The Bertz CT molecular complexity index is 1790. The van der Waals surface area contributed by atoms with Crippen molar-refractivity contribution in [3.8, 4) is 0 Å². The maximum atomic E-state index is 15.7. The molecule has 0 spiro atoms. The molecule has 4 nitrogen and oxygen atoms in total. The van der Waals surface area contributed by atoms with Gasteiger partial charge in [-0.3, -0.25) is 0 Å². The molecular formula is C36H24N3OP. The van der Waals surface area contributed by atoms with Crippen LogP contribution in [0.25, 0.3) is 0 Å². The van der Waals surface area contributed by atoms with Gasteiger partial charge in [0, 0.05) is 0 Å². The van der Waals surface area contributed by atoms with Crippen LogP contribution in [0.2, 0.25) is 0 Å². The van der Waals surface area contributed by atoms with E-state index in [1.165, 1.54) is 0 Å². The third-order valence-electron chi connectivity index (χ3n) is 8.86. The van der Waals surface area contributed by atoms with E-state index < -0.39 is 7.14 Å². The highest BCUT2D eigenvalue weighted by Crippen LogP contribution is 2.46. The topological polar surface area (TPSA) is 55.7 Å². The molecule has 3 aromatic carbocycles. The van der Waals surface area contributed by atoms with Crippen molar-refractivity contribution in [2.24, 2.45) is 0 Å². The van der Waals surface area contributed by atoms with Gasteiger partial charge in [-0.25, -0.2) is 15.0 Å².